The van der Waals surface area contributed by atoms with Gasteiger partial charge in [-0.15, -0.1) is 0 Å². The van der Waals surface area contributed by atoms with E-state index >= 15 is 0 Å². The Labute approximate surface area is 122 Å². The SMILES string of the molecule is Cc1ccc2ccc(C(=O)O)cc2c1-c1ccccc1O. The smallest absolute Gasteiger partial charge is 0.335 e. The minimum absolute atomic E-state index is 0.189. The van der Waals surface area contributed by atoms with Gasteiger partial charge in [-0.05, 0) is 47.0 Å². The summed E-state index contributed by atoms with van der Waals surface area (Å²) in [6.07, 6.45) is 0. The summed E-state index contributed by atoms with van der Waals surface area (Å²) in [5, 5.41) is 21.1. The average Bonchev–Trinajstić information content (AvgIpc) is 2.48. The zero-order chi connectivity index (χ0) is 15.0. The fourth-order valence-electron chi connectivity index (χ4n) is 2.60. The number of aryl methyl sites for hydroxylation is 1. The van der Waals surface area contributed by atoms with Gasteiger partial charge in [-0.25, -0.2) is 4.79 Å². The molecule has 0 aliphatic heterocycles. The van der Waals surface area contributed by atoms with Gasteiger partial charge in [0, 0.05) is 5.56 Å². The van der Waals surface area contributed by atoms with Gasteiger partial charge in [0.15, 0.2) is 0 Å². The van der Waals surface area contributed by atoms with Gasteiger partial charge in [-0.1, -0.05) is 36.4 Å². The molecule has 3 aromatic rings. The molecule has 3 heteroatoms. The van der Waals surface area contributed by atoms with E-state index in [0.29, 0.717) is 5.56 Å². The van der Waals surface area contributed by atoms with E-state index < -0.39 is 5.97 Å². The molecule has 0 heterocycles. The molecule has 104 valence electrons. The highest BCUT2D eigenvalue weighted by atomic mass is 16.4. The first-order chi connectivity index (χ1) is 10.1. The second kappa shape index (κ2) is 4.94. The van der Waals surface area contributed by atoms with Crippen molar-refractivity contribution in [1.29, 1.82) is 0 Å². The van der Waals surface area contributed by atoms with E-state index in [1.807, 2.05) is 31.2 Å². The topological polar surface area (TPSA) is 57.5 Å². The van der Waals surface area contributed by atoms with E-state index in [1.54, 1.807) is 30.3 Å². The third-order valence-electron chi connectivity index (χ3n) is 3.65. The Morgan fingerprint density at radius 1 is 1.00 bits per heavy atom. The fraction of sp³-hybridized carbons (Fsp3) is 0.0556. The van der Waals surface area contributed by atoms with Crippen molar-refractivity contribution in [3.8, 4) is 16.9 Å². The van der Waals surface area contributed by atoms with Crippen LogP contribution in [0.2, 0.25) is 0 Å². The zero-order valence-corrected chi connectivity index (χ0v) is 11.5. The molecular formula is C18H14O3. The lowest BCUT2D eigenvalue weighted by Crippen LogP contribution is -1.96. The quantitative estimate of drug-likeness (QED) is 0.738. The average molecular weight is 278 g/mol. The maximum atomic E-state index is 11.2. The Bertz CT molecular complexity index is 850. The van der Waals surface area contributed by atoms with Gasteiger partial charge in [0.25, 0.3) is 0 Å². The summed E-state index contributed by atoms with van der Waals surface area (Å²) in [7, 11) is 0. The van der Waals surface area contributed by atoms with Crippen molar-refractivity contribution in [3.63, 3.8) is 0 Å². The molecule has 3 aromatic carbocycles. The molecule has 3 rings (SSSR count). The molecule has 0 saturated heterocycles. The number of rotatable bonds is 2. The van der Waals surface area contributed by atoms with Crippen molar-refractivity contribution in [1.82, 2.24) is 0 Å². The summed E-state index contributed by atoms with van der Waals surface area (Å²) >= 11 is 0. The number of hydrogen-bond donors (Lipinski definition) is 2. The minimum atomic E-state index is -0.957. The number of fused-ring (bicyclic) bond motifs is 1. The van der Waals surface area contributed by atoms with Crippen molar-refractivity contribution >= 4 is 16.7 Å². The summed E-state index contributed by atoms with van der Waals surface area (Å²) in [5.41, 5.74) is 2.81. The third-order valence-corrected chi connectivity index (χ3v) is 3.65. The second-order valence-electron chi connectivity index (χ2n) is 5.02. The molecule has 0 aliphatic rings. The minimum Gasteiger partial charge on any atom is -0.507 e. The van der Waals surface area contributed by atoms with Gasteiger partial charge in [-0.2, -0.15) is 0 Å². The van der Waals surface area contributed by atoms with Crippen molar-refractivity contribution in [3.05, 3.63) is 65.7 Å². The van der Waals surface area contributed by atoms with E-state index in [0.717, 1.165) is 21.9 Å². The normalized spacial score (nSPS) is 10.7. The maximum Gasteiger partial charge on any atom is 0.335 e. The van der Waals surface area contributed by atoms with Crippen LogP contribution in [0.4, 0.5) is 0 Å². The van der Waals surface area contributed by atoms with E-state index in [9.17, 15) is 15.0 Å². The molecule has 0 saturated carbocycles. The Kier molecular flexibility index (Phi) is 3.10. The van der Waals surface area contributed by atoms with Crippen LogP contribution in [0, 0.1) is 6.92 Å². The number of carboxylic acid groups (broad SMARTS) is 1. The van der Waals surface area contributed by atoms with Gasteiger partial charge < -0.3 is 10.2 Å². The van der Waals surface area contributed by atoms with E-state index in [4.69, 9.17) is 0 Å². The molecule has 0 aliphatic carbocycles. The van der Waals surface area contributed by atoms with Crippen LogP contribution < -0.4 is 0 Å². The molecule has 0 bridgehead atoms. The van der Waals surface area contributed by atoms with Gasteiger partial charge in [-0.3, -0.25) is 0 Å². The van der Waals surface area contributed by atoms with Crippen LogP contribution in [0.15, 0.2) is 54.6 Å². The van der Waals surface area contributed by atoms with Crippen LogP contribution in [0.5, 0.6) is 5.75 Å². The monoisotopic (exact) mass is 278 g/mol. The first-order valence-corrected chi connectivity index (χ1v) is 6.63. The van der Waals surface area contributed by atoms with Crippen LogP contribution in [0.1, 0.15) is 15.9 Å². The highest BCUT2D eigenvalue weighted by molar-refractivity contribution is 6.03. The van der Waals surface area contributed by atoms with Crippen LogP contribution in [0.25, 0.3) is 21.9 Å². The lowest BCUT2D eigenvalue weighted by molar-refractivity contribution is 0.0697. The highest BCUT2D eigenvalue weighted by Crippen LogP contribution is 2.37. The highest BCUT2D eigenvalue weighted by Gasteiger charge is 2.13. The largest absolute Gasteiger partial charge is 0.507 e. The van der Waals surface area contributed by atoms with Gasteiger partial charge >= 0.3 is 5.97 Å². The van der Waals surface area contributed by atoms with Gasteiger partial charge in [0.05, 0.1) is 5.56 Å². The van der Waals surface area contributed by atoms with Crippen LogP contribution in [-0.4, -0.2) is 16.2 Å². The molecule has 0 radical (unpaired) electrons. The Morgan fingerprint density at radius 3 is 2.43 bits per heavy atom. The van der Waals surface area contributed by atoms with Crippen molar-refractivity contribution < 1.29 is 15.0 Å². The van der Waals surface area contributed by atoms with Crippen LogP contribution in [0.3, 0.4) is 0 Å². The number of aromatic carboxylic acids is 1. The van der Waals surface area contributed by atoms with Crippen molar-refractivity contribution in [2.24, 2.45) is 0 Å². The summed E-state index contributed by atoms with van der Waals surface area (Å²) < 4.78 is 0. The Hall–Kier alpha value is -2.81. The third kappa shape index (κ3) is 2.23. The maximum absolute atomic E-state index is 11.2. The second-order valence-corrected chi connectivity index (χ2v) is 5.02. The summed E-state index contributed by atoms with van der Waals surface area (Å²) in [4.78, 5) is 11.2. The van der Waals surface area contributed by atoms with Crippen LogP contribution in [-0.2, 0) is 0 Å². The van der Waals surface area contributed by atoms with E-state index in [2.05, 4.69) is 0 Å². The first kappa shape index (κ1) is 13.2. The molecule has 0 amide bonds. The number of benzene rings is 3. The molecule has 3 nitrogen and oxygen atoms in total. The fourth-order valence-corrected chi connectivity index (χ4v) is 2.60. The number of hydrogen-bond acceptors (Lipinski definition) is 2. The molecule has 0 unspecified atom stereocenters. The number of para-hydroxylation sites is 1. The molecule has 0 atom stereocenters. The number of carbonyl (C=O) groups is 1. The van der Waals surface area contributed by atoms with Crippen LogP contribution >= 0.6 is 0 Å². The molecule has 0 aromatic heterocycles. The molecule has 2 N–H and O–H groups in total. The van der Waals surface area contributed by atoms with Gasteiger partial charge in [0.2, 0.25) is 0 Å². The number of phenolic OH excluding ortho intramolecular Hbond substituents is 1. The summed E-state index contributed by atoms with van der Waals surface area (Å²) in [5.74, 6) is -0.768. The Morgan fingerprint density at radius 2 is 1.71 bits per heavy atom. The predicted octanol–water partition coefficient (Wildman–Crippen LogP) is 4.22. The van der Waals surface area contributed by atoms with Crippen molar-refractivity contribution in [2.75, 3.05) is 0 Å². The molecule has 0 fully saturated rings. The molecule has 0 spiro atoms. The lowest BCUT2D eigenvalue weighted by atomic mass is 9.92. The number of carboxylic acids is 1. The summed E-state index contributed by atoms with van der Waals surface area (Å²) in [6, 6.07) is 16.1. The first-order valence-electron chi connectivity index (χ1n) is 6.63. The lowest BCUT2D eigenvalue weighted by Gasteiger charge is -2.12. The van der Waals surface area contributed by atoms with E-state index in [1.165, 1.54) is 0 Å². The Balaban J connectivity index is 2.40. The summed E-state index contributed by atoms with van der Waals surface area (Å²) in [6.45, 7) is 1.95. The predicted molar refractivity (Wildman–Crippen MR) is 82.7 cm³/mol. The zero-order valence-electron chi connectivity index (χ0n) is 11.5. The van der Waals surface area contributed by atoms with Gasteiger partial charge in [0.1, 0.15) is 5.75 Å². The molecular weight excluding hydrogens is 264 g/mol. The standard InChI is InChI=1S/C18H14O3/c1-11-6-7-12-8-9-13(18(20)21)10-15(12)17(11)14-4-2-3-5-16(14)19/h2-10,19H,1H3,(H,20,21). The molecule has 21 heavy (non-hydrogen) atoms. The van der Waals surface area contributed by atoms with E-state index in [-0.39, 0.29) is 11.3 Å². The number of aromatic hydroxyl groups is 1. The number of phenols is 1. The van der Waals surface area contributed by atoms with Crippen molar-refractivity contribution in [2.45, 2.75) is 6.92 Å².